The minimum absolute atomic E-state index is 0.0141. The molecule has 1 amide bonds. The van der Waals surface area contributed by atoms with E-state index in [1.54, 1.807) is 0 Å². The molecule has 0 aliphatic carbocycles. The molecule has 1 aromatic heterocycles. The van der Waals surface area contributed by atoms with Gasteiger partial charge in [-0.15, -0.1) is 0 Å². The van der Waals surface area contributed by atoms with Crippen LogP contribution in [0.2, 0.25) is 0 Å². The third-order valence-corrected chi connectivity index (χ3v) is 6.45. The van der Waals surface area contributed by atoms with Crippen LogP contribution in [-0.4, -0.2) is 60.6 Å². The van der Waals surface area contributed by atoms with E-state index < -0.39 is 0 Å². The van der Waals surface area contributed by atoms with Crippen molar-refractivity contribution in [3.63, 3.8) is 0 Å². The summed E-state index contributed by atoms with van der Waals surface area (Å²) in [6, 6.07) is 23.5. The molecule has 7 heteroatoms. The lowest BCUT2D eigenvalue weighted by Gasteiger charge is -2.28. The van der Waals surface area contributed by atoms with Crippen LogP contribution < -0.4 is 0 Å². The molecule has 2 heterocycles. The van der Waals surface area contributed by atoms with Crippen LogP contribution in [0, 0.1) is 6.92 Å². The van der Waals surface area contributed by atoms with Gasteiger partial charge in [-0.1, -0.05) is 60.7 Å². The fourth-order valence-corrected chi connectivity index (χ4v) is 4.48. The molecule has 0 spiro atoms. The zero-order valence-electron chi connectivity index (χ0n) is 21.5. The van der Waals surface area contributed by atoms with Crippen molar-refractivity contribution in [1.29, 1.82) is 0 Å². The number of nitrogens with zero attached hydrogens (tertiary/aromatic N) is 2. The summed E-state index contributed by atoms with van der Waals surface area (Å²) in [5.41, 5.74) is 2.09. The Kier molecular flexibility index (Phi) is 9.91. The Morgan fingerprint density at radius 2 is 1.68 bits per heavy atom. The van der Waals surface area contributed by atoms with Gasteiger partial charge < -0.3 is 18.8 Å². The fourth-order valence-electron chi connectivity index (χ4n) is 4.48. The zero-order valence-corrected chi connectivity index (χ0v) is 21.5. The standard InChI is InChI=1S/C30H36N2O5/c1-24-14-15-28(37-24)20-32(17-16-25-9-4-2-5-10-25)29(33)21-31(19-27-13-8-18-35-27)22-30(34)36-23-26-11-6-3-7-12-26/h2-7,9-12,14-15,27H,8,13,16-23H2,1H3/t27-/m1/s1. The van der Waals surface area contributed by atoms with Crippen LogP contribution in [0.4, 0.5) is 0 Å². The molecule has 196 valence electrons. The molecular formula is C30H36N2O5. The smallest absolute Gasteiger partial charge is 0.320 e. The van der Waals surface area contributed by atoms with Gasteiger partial charge in [-0.3, -0.25) is 14.5 Å². The molecule has 3 aromatic rings. The predicted octanol–water partition coefficient (Wildman–Crippen LogP) is 4.38. The number of rotatable bonds is 13. The third kappa shape index (κ3) is 8.88. The van der Waals surface area contributed by atoms with Gasteiger partial charge in [-0.05, 0) is 49.4 Å². The number of furan rings is 1. The lowest BCUT2D eigenvalue weighted by Crippen LogP contribution is -2.45. The molecule has 1 atom stereocenters. The Hall–Kier alpha value is -3.42. The first-order chi connectivity index (χ1) is 18.0. The third-order valence-electron chi connectivity index (χ3n) is 6.45. The van der Waals surface area contributed by atoms with E-state index in [0.29, 0.717) is 26.2 Å². The number of carbonyl (C=O) groups excluding carboxylic acids is 2. The maximum atomic E-state index is 13.6. The van der Waals surface area contributed by atoms with Crippen LogP contribution in [-0.2, 0) is 38.6 Å². The molecule has 37 heavy (non-hydrogen) atoms. The molecule has 7 nitrogen and oxygen atoms in total. The molecule has 0 radical (unpaired) electrons. The number of hydrogen-bond acceptors (Lipinski definition) is 6. The Morgan fingerprint density at radius 1 is 0.946 bits per heavy atom. The molecule has 4 rings (SSSR count). The molecule has 1 saturated heterocycles. The van der Waals surface area contributed by atoms with Crippen molar-refractivity contribution in [2.75, 3.05) is 32.8 Å². The molecular weight excluding hydrogens is 468 g/mol. The SMILES string of the molecule is Cc1ccc(CN(CCc2ccccc2)C(=O)CN(CC(=O)OCc2ccccc2)C[C@H]2CCCO2)o1. The van der Waals surface area contributed by atoms with Gasteiger partial charge in [0.05, 0.1) is 25.7 Å². The largest absolute Gasteiger partial charge is 0.464 e. The number of amides is 1. The highest BCUT2D eigenvalue weighted by molar-refractivity contribution is 5.79. The van der Waals surface area contributed by atoms with Gasteiger partial charge >= 0.3 is 5.97 Å². The first kappa shape index (κ1) is 26.6. The van der Waals surface area contributed by atoms with Gasteiger partial charge in [-0.2, -0.15) is 0 Å². The molecule has 0 N–H and O–H groups in total. The van der Waals surface area contributed by atoms with E-state index in [1.165, 1.54) is 0 Å². The van der Waals surface area contributed by atoms with E-state index >= 15 is 0 Å². The summed E-state index contributed by atoms with van der Waals surface area (Å²) in [4.78, 5) is 29.9. The Balaban J connectivity index is 1.40. The van der Waals surface area contributed by atoms with Gasteiger partial charge in [0.2, 0.25) is 5.91 Å². The van der Waals surface area contributed by atoms with Crippen LogP contribution >= 0.6 is 0 Å². The van der Waals surface area contributed by atoms with Gasteiger partial charge in [-0.25, -0.2) is 0 Å². The van der Waals surface area contributed by atoms with Crippen molar-refractivity contribution in [3.05, 3.63) is 95.4 Å². The number of benzene rings is 2. The van der Waals surface area contributed by atoms with Crippen molar-refractivity contribution in [3.8, 4) is 0 Å². The quantitative estimate of drug-likeness (QED) is 0.322. The summed E-state index contributed by atoms with van der Waals surface area (Å²) < 4.78 is 17.1. The van der Waals surface area contributed by atoms with E-state index in [1.807, 2.05) is 77.4 Å². The molecule has 1 fully saturated rings. The number of esters is 1. The molecule has 0 saturated carbocycles. The van der Waals surface area contributed by atoms with Crippen LogP contribution in [0.5, 0.6) is 0 Å². The van der Waals surface area contributed by atoms with E-state index in [9.17, 15) is 9.59 Å². The lowest BCUT2D eigenvalue weighted by atomic mass is 10.1. The molecule has 0 bridgehead atoms. The highest BCUT2D eigenvalue weighted by atomic mass is 16.5. The number of ether oxygens (including phenoxy) is 2. The second-order valence-electron chi connectivity index (χ2n) is 9.51. The summed E-state index contributed by atoms with van der Waals surface area (Å²) in [6.07, 6.45) is 2.66. The normalized spacial score (nSPS) is 15.1. The van der Waals surface area contributed by atoms with E-state index in [0.717, 1.165) is 41.9 Å². The Labute approximate surface area is 219 Å². The lowest BCUT2D eigenvalue weighted by molar-refractivity contribution is -0.147. The van der Waals surface area contributed by atoms with E-state index in [2.05, 4.69) is 12.1 Å². The predicted molar refractivity (Wildman–Crippen MR) is 141 cm³/mol. The second kappa shape index (κ2) is 13.8. The maximum absolute atomic E-state index is 13.6. The highest BCUT2D eigenvalue weighted by Crippen LogP contribution is 2.15. The minimum atomic E-state index is -0.354. The van der Waals surface area contributed by atoms with Crippen molar-refractivity contribution >= 4 is 11.9 Å². The summed E-state index contributed by atoms with van der Waals surface area (Å²) >= 11 is 0. The second-order valence-corrected chi connectivity index (χ2v) is 9.51. The van der Waals surface area contributed by atoms with Crippen LogP contribution in [0.15, 0.2) is 77.2 Å². The van der Waals surface area contributed by atoms with Crippen LogP contribution in [0.3, 0.4) is 0 Å². The van der Waals surface area contributed by atoms with Crippen LogP contribution in [0.1, 0.15) is 35.5 Å². The van der Waals surface area contributed by atoms with Gasteiger partial charge in [0.25, 0.3) is 0 Å². The molecule has 1 aliphatic rings. The average molecular weight is 505 g/mol. The van der Waals surface area contributed by atoms with Crippen molar-refractivity contribution in [2.45, 2.75) is 45.4 Å². The topological polar surface area (TPSA) is 72.2 Å². The summed E-state index contributed by atoms with van der Waals surface area (Å²) in [5, 5.41) is 0. The zero-order chi connectivity index (χ0) is 25.9. The van der Waals surface area contributed by atoms with Gasteiger partial charge in [0, 0.05) is 19.7 Å². The first-order valence-corrected chi connectivity index (χ1v) is 13.0. The molecule has 0 unspecified atom stereocenters. The molecule has 1 aliphatic heterocycles. The Bertz CT molecular complexity index is 1110. The minimum Gasteiger partial charge on any atom is -0.464 e. The summed E-state index contributed by atoms with van der Waals surface area (Å²) in [7, 11) is 0. The van der Waals surface area contributed by atoms with Gasteiger partial charge in [0.1, 0.15) is 18.1 Å². The number of carbonyl (C=O) groups is 2. The maximum Gasteiger partial charge on any atom is 0.320 e. The first-order valence-electron chi connectivity index (χ1n) is 13.0. The monoisotopic (exact) mass is 504 g/mol. The van der Waals surface area contributed by atoms with Crippen molar-refractivity contribution in [2.24, 2.45) is 0 Å². The number of hydrogen-bond donors (Lipinski definition) is 0. The summed E-state index contributed by atoms with van der Waals surface area (Å²) in [5.74, 6) is 1.14. The summed E-state index contributed by atoms with van der Waals surface area (Å²) in [6.45, 7) is 4.40. The Morgan fingerprint density at radius 3 is 2.32 bits per heavy atom. The van der Waals surface area contributed by atoms with Gasteiger partial charge in [0.15, 0.2) is 0 Å². The van der Waals surface area contributed by atoms with Crippen molar-refractivity contribution < 1.29 is 23.5 Å². The average Bonchev–Trinajstić information content (AvgIpc) is 3.58. The van der Waals surface area contributed by atoms with Crippen molar-refractivity contribution in [1.82, 2.24) is 9.80 Å². The molecule has 2 aromatic carbocycles. The van der Waals surface area contributed by atoms with E-state index in [4.69, 9.17) is 13.9 Å². The highest BCUT2D eigenvalue weighted by Gasteiger charge is 2.25. The van der Waals surface area contributed by atoms with E-state index in [-0.39, 0.29) is 37.7 Å². The van der Waals surface area contributed by atoms with Crippen LogP contribution in [0.25, 0.3) is 0 Å². The fraction of sp³-hybridized carbons (Fsp3) is 0.400. The number of aryl methyl sites for hydroxylation is 1.